The van der Waals surface area contributed by atoms with Crippen LogP contribution in [0.5, 0.6) is 0 Å². The predicted octanol–water partition coefficient (Wildman–Crippen LogP) is 4.91. The molecule has 2 amide bonds. The van der Waals surface area contributed by atoms with E-state index in [-0.39, 0.29) is 24.3 Å². The lowest BCUT2D eigenvalue weighted by Gasteiger charge is -2.23. The topological polar surface area (TPSA) is 78.1 Å². The highest BCUT2D eigenvalue weighted by Crippen LogP contribution is 2.20. The normalized spacial score (nSPS) is 10.8. The first-order valence-electron chi connectivity index (χ1n) is 10.2. The van der Waals surface area contributed by atoms with E-state index in [9.17, 15) is 14.0 Å². The van der Waals surface area contributed by atoms with Gasteiger partial charge in [-0.15, -0.1) is 0 Å². The fourth-order valence-corrected chi connectivity index (χ4v) is 3.56. The average Bonchev–Trinajstić information content (AvgIpc) is 2.79. The molecule has 7 heteroatoms. The van der Waals surface area contributed by atoms with Gasteiger partial charge >= 0.3 is 6.03 Å². The highest BCUT2D eigenvalue weighted by atomic mass is 19.1. The summed E-state index contributed by atoms with van der Waals surface area (Å²) in [4.78, 5) is 34.4. The van der Waals surface area contributed by atoms with E-state index in [0.29, 0.717) is 5.56 Å². The van der Waals surface area contributed by atoms with Crippen LogP contribution >= 0.6 is 0 Å². The molecule has 2 aromatic heterocycles. The molecule has 0 fully saturated rings. The number of hydrogen-bond donors (Lipinski definition) is 2. The van der Waals surface area contributed by atoms with Gasteiger partial charge in [0.2, 0.25) is 0 Å². The Hall–Kier alpha value is -4.00. The SMILES string of the molecule is Cc1ccc2cc(CN(Cc3cccnc3)C(=O)Nc3ccccc3F)c(=O)[nH]c2c1C. The van der Waals surface area contributed by atoms with Crippen molar-refractivity contribution in [3.8, 4) is 0 Å². The molecule has 0 atom stereocenters. The molecule has 2 N–H and O–H groups in total. The molecule has 6 nitrogen and oxygen atoms in total. The number of aryl methyl sites for hydroxylation is 2. The Balaban J connectivity index is 1.68. The average molecular weight is 430 g/mol. The zero-order valence-electron chi connectivity index (χ0n) is 17.9. The first kappa shape index (κ1) is 21.2. The second-order valence-electron chi connectivity index (χ2n) is 7.72. The minimum Gasteiger partial charge on any atom is -0.321 e. The molecule has 2 heterocycles. The number of pyridine rings is 2. The number of nitrogens with one attached hydrogen (secondary N) is 2. The molecule has 0 radical (unpaired) electrons. The third kappa shape index (κ3) is 4.51. The number of carbonyl (C=O) groups is 1. The van der Waals surface area contributed by atoms with Crippen LogP contribution in [0.15, 0.2) is 71.8 Å². The van der Waals surface area contributed by atoms with Gasteiger partial charge in [0.05, 0.1) is 17.7 Å². The maximum atomic E-state index is 14.1. The summed E-state index contributed by atoms with van der Waals surface area (Å²) < 4.78 is 14.1. The number of fused-ring (bicyclic) bond motifs is 1. The fraction of sp³-hybridized carbons (Fsp3) is 0.160. The molecule has 0 spiro atoms. The van der Waals surface area contributed by atoms with E-state index in [0.717, 1.165) is 27.6 Å². The number of nitrogens with zero attached hydrogens (tertiary/aromatic N) is 2. The second kappa shape index (κ2) is 9.01. The third-order valence-electron chi connectivity index (χ3n) is 5.49. The Labute approximate surface area is 184 Å². The van der Waals surface area contributed by atoms with E-state index < -0.39 is 11.8 Å². The molecule has 0 saturated carbocycles. The zero-order chi connectivity index (χ0) is 22.7. The van der Waals surface area contributed by atoms with Crippen LogP contribution in [0.4, 0.5) is 14.9 Å². The van der Waals surface area contributed by atoms with Crippen LogP contribution < -0.4 is 10.9 Å². The van der Waals surface area contributed by atoms with Gasteiger partial charge in [-0.2, -0.15) is 0 Å². The van der Waals surface area contributed by atoms with Crippen LogP contribution in [0.2, 0.25) is 0 Å². The summed E-state index contributed by atoms with van der Waals surface area (Å²) in [6, 6.07) is 14.8. The quantitative estimate of drug-likeness (QED) is 0.472. The molecule has 32 heavy (non-hydrogen) atoms. The van der Waals surface area contributed by atoms with Gasteiger partial charge in [-0.3, -0.25) is 9.78 Å². The maximum absolute atomic E-state index is 14.1. The van der Waals surface area contributed by atoms with Gasteiger partial charge in [-0.1, -0.05) is 30.3 Å². The van der Waals surface area contributed by atoms with Crippen LogP contribution in [-0.2, 0) is 13.1 Å². The summed E-state index contributed by atoms with van der Waals surface area (Å²) in [5, 5.41) is 3.49. The Morgan fingerprint density at radius 3 is 2.66 bits per heavy atom. The molecule has 4 aromatic rings. The number of hydrogen-bond acceptors (Lipinski definition) is 3. The van der Waals surface area contributed by atoms with Crippen LogP contribution in [-0.4, -0.2) is 20.9 Å². The van der Waals surface area contributed by atoms with Crippen LogP contribution in [0.1, 0.15) is 22.3 Å². The van der Waals surface area contributed by atoms with E-state index in [1.807, 2.05) is 32.0 Å². The summed E-state index contributed by atoms with van der Waals surface area (Å²) in [5.41, 5.74) is 3.92. The Kier molecular flexibility index (Phi) is 5.98. The smallest absolute Gasteiger partial charge is 0.321 e. The van der Waals surface area contributed by atoms with Gasteiger partial charge in [0.25, 0.3) is 5.56 Å². The lowest BCUT2D eigenvalue weighted by Crippen LogP contribution is -2.36. The highest BCUT2D eigenvalue weighted by Gasteiger charge is 2.18. The number of amides is 2. The molecule has 4 rings (SSSR count). The third-order valence-corrected chi connectivity index (χ3v) is 5.49. The number of urea groups is 1. The first-order chi connectivity index (χ1) is 15.4. The Morgan fingerprint density at radius 1 is 1.09 bits per heavy atom. The van der Waals surface area contributed by atoms with Crippen molar-refractivity contribution in [2.45, 2.75) is 26.9 Å². The second-order valence-corrected chi connectivity index (χ2v) is 7.72. The van der Waals surface area contributed by atoms with Crippen molar-refractivity contribution >= 4 is 22.6 Å². The monoisotopic (exact) mass is 430 g/mol. The van der Waals surface area contributed by atoms with Crippen molar-refractivity contribution in [2.75, 3.05) is 5.32 Å². The lowest BCUT2D eigenvalue weighted by molar-refractivity contribution is 0.206. The van der Waals surface area contributed by atoms with Crippen molar-refractivity contribution in [1.29, 1.82) is 0 Å². The fourth-order valence-electron chi connectivity index (χ4n) is 3.56. The molecule has 0 saturated heterocycles. The van der Waals surface area contributed by atoms with Gasteiger partial charge in [-0.25, -0.2) is 9.18 Å². The number of carbonyl (C=O) groups excluding carboxylic acids is 1. The number of aromatic amines is 1. The summed E-state index contributed by atoms with van der Waals surface area (Å²) in [7, 11) is 0. The van der Waals surface area contributed by atoms with E-state index in [2.05, 4.69) is 15.3 Å². The number of para-hydroxylation sites is 1. The van der Waals surface area contributed by atoms with Gasteiger partial charge in [-0.05, 0) is 60.2 Å². The number of halogens is 1. The van der Waals surface area contributed by atoms with Crippen molar-refractivity contribution in [3.05, 3.63) is 105 Å². The van der Waals surface area contributed by atoms with Gasteiger partial charge in [0.15, 0.2) is 0 Å². The van der Waals surface area contributed by atoms with Gasteiger partial charge in [0.1, 0.15) is 5.82 Å². The van der Waals surface area contributed by atoms with Crippen molar-refractivity contribution in [3.63, 3.8) is 0 Å². The first-order valence-corrected chi connectivity index (χ1v) is 10.2. The Bertz CT molecular complexity index is 1340. The number of rotatable bonds is 5. The number of H-pyrrole nitrogens is 1. The van der Waals surface area contributed by atoms with Crippen LogP contribution in [0.3, 0.4) is 0 Å². The van der Waals surface area contributed by atoms with Crippen molar-refractivity contribution in [2.24, 2.45) is 0 Å². The van der Waals surface area contributed by atoms with Crippen LogP contribution in [0, 0.1) is 19.7 Å². The highest BCUT2D eigenvalue weighted by molar-refractivity contribution is 5.89. The molecule has 0 aliphatic heterocycles. The summed E-state index contributed by atoms with van der Waals surface area (Å²) >= 11 is 0. The molecular formula is C25H23FN4O2. The van der Waals surface area contributed by atoms with Crippen molar-refractivity contribution < 1.29 is 9.18 Å². The largest absolute Gasteiger partial charge is 0.322 e. The molecule has 0 bridgehead atoms. The molecular weight excluding hydrogens is 407 g/mol. The van der Waals surface area contributed by atoms with E-state index in [1.54, 1.807) is 36.7 Å². The predicted molar refractivity (Wildman–Crippen MR) is 123 cm³/mol. The summed E-state index contributed by atoms with van der Waals surface area (Å²) in [6.07, 6.45) is 3.30. The minimum atomic E-state index is -0.531. The lowest BCUT2D eigenvalue weighted by atomic mass is 10.0. The molecule has 0 aliphatic rings. The summed E-state index contributed by atoms with van der Waals surface area (Å²) in [5.74, 6) is -0.531. The van der Waals surface area contributed by atoms with E-state index in [1.165, 1.54) is 17.0 Å². The van der Waals surface area contributed by atoms with Crippen LogP contribution in [0.25, 0.3) is 10.9 Å². The molecule has 0 unspecified atom stereocenters. The molecule has 2 aromatic carbocycles. The number of anilines is 1. The summed E-state index contributed by atoms with van der Waals surface area (Å²) in [6.45, 7) is 4.21. The number of aromatic nitrogens is 2. The molecule has 0 aliphatic carbocycles. The zero-order valence-corrected chi connectivity index (χ0v) is 17.9. The van der Waals surface area contributed by atoms with E-state index in [4.69, 9.17) is 0 Å². The standard InChI is InChI=1S/C25H23FN4O2/c1-16-9-10-19-12-20(24(31)29-23(19)17(16)2)15-30(14-18-6-5-11-27-13-18)25(32)28-22-8-4-3-7-21(22)26/h3-13H,14-15H2,1-2H3,(H,28,32)(H,29,31). The Morgan fingerprint density at radius 2 is 1.91 bits per heavy atom. The van der Waals surface area contributed by atoms with Crippen molar-refractivity contribution in [1.82, 2.24) is 14.9 Å². The maximum Gasteiger partial charge on any atom is 0.322 e. The number of benzene rings is 2. The van der Waals surface area contributed by atoms with Gasteiger partial charge in [0, 0.05) is 24.5 Å². The van der Waals surface area contributed by atoms with Gasteiger partial charge < -0.3 is 15.2 Å². The van der Waals surface area contributed by atoms with E-state index >= 15 is 0 Å². The minimum absolute atomic E-state index is 0.0490. The molecule has 162 valence electrons.